The number of hydrogen-bond donors (Lipinski definition) is 0. The largest absolute Gasteiger partial charge is 0.285 e. The summed E-state index contributed by atoms with van der Waals surface area (Å²) in [7, 11) is 0. The molecule has 0 aromatic rings. The van der Waals surface area contributed by atoms with E-state index in [2.05, 4.69) is 11.8 Å². The third-order valence-electron chi connectivity index (χ3n) is 0.976. The molecule has 0 atom stereocenters. The molecular weight excluding hydrogens is 160 g/mol. The Hall–Kier alpha value is -0.480. The van der Waals surface area contributed by atoms with Gasteiger partial charge in [0.25, 0.3) is 0 Å². The minimum absolute atomic E-state index is 0.0266. The first-order valence-corrected chi connectivity index (χ1v) is 4.08. The van der Waals surface area contributed by atoms with E-state index in [1.54, 1.807) is 13.8 Å². The van der Waals surface area contributed by atoms with Gasteiger partial charge in [-0.1, -0.05) is 12.8 Å². The van der Waals surface area contributed by atoms with Crippen LogP contribution in [0.15, 0.2) is 0 Å². The van der Waals surface area contributed by atoms with Crippen molar-refractivity contribution in [2.24, 2.45) is 0 Å². The average Bonchev–Trinajstić information content (AvgIpc) is 1.83. The summed E-state index contributed by atoms with van der Waals surface area (Å²) < 4.78 is 0. The van der Waals surface area contributed by atoms with Gasteiger partial charge in [-0.2, -0.15) is 0 Å². The lowest BCUT2D eigenvalue weighted by Crippen LogP contribution is -2.06. The predicted molar refractivity (Wildman–Crippen MR) is 47.6 cm³/mol. The van der Waals surface area contributed by atoms with Crippen molar-refractivity contribution in [3.8, 4) is 11.8 Å². The Labute approximate surface area is 73.1 Å². The minimum atomic E-state index is -0.580. The number of carbonyl (C=O) groups is 1. The fraction of sp³-hybridized carbons (Fsp3) is 0.667. The Bertz CT molecular complexity index is 190. The second kappa shape index (κ2) is 4.41. The Morgan fingerprint density at radius 3 is 2.45 bits per heavy atom. The van der Waals surface area contributed by atoms with E-state index in [1.807, 2.05) is 6.92 Å². The van der Waals surface area contributed by atoms with Crippen molar-refractivity contribution in [3.05, 3.63) is 0 Å². The Morgan fingerprint density at radius 1 is 1.55 bits per heavy atom. The monoisotopic (exact) mass is 172 g/mol. The highest BCUT2D eigenvalue weighted by Gasteiger charge is 2.07. The quantitative estimate of drug-likeness (QED) is 0.355. The molecule has 0 N–H and O–H groups in total. The molecule has 0 saturated heterocycles. The summed E-state index contributed by atoms with van der Waals surface area (Å²) in [6.07, 6.45) is 1.37. The molecule has 0 aliphatic rings. The van der Waals surface area contributed by atoms with Gasteiger partial charge in [0.15, 0.2) is 0 Å². The van der Waals surface area contributed by atoms with Gasteiger partial charge in [-0.05, 0) is 26.2 Å². The van der Waals surface area contributed by atoms with Crippen LogP contribution in [0.5, 0.6) is 0 Å². The molecule has 0 rings (SSSR count). The SMILES string of the molecule is CCCC(=O)C#CC(C)(C)Cl. The molecule has 0 radical (unpaired) electrons. The molecule has 11 heavy (non-hydrogen) atoms. The van der Waals surface area contributed by atoms with Gasteiger partial charge in [0.05, 0.1) is 4.87 Å². The fourth-order valence-corrected chi connectivity index (χ4v) is 0.555. The highest BCUT2D eigenvalue weighted by atomic mass is 35.5. The van der Waals surface area contributed by atoms with Crippen LogP contribution in [-0.4, -0.2) is 10.7 Å². The van der Waals surface area contributed by atoms with E-state index < -0.39 is 4.87 Å². The maximum Gasteiger partial charge on any atom is 0.205 e. The van der Waals surface area contributed by atoms with Crippen molar-refractivity contribution in [3.63, 3.8) is 0 Å². The van der Waals surface area contributed by atoms with E-state index in [0.717, 1.165) is 6.42 Å². The molecule has 0 unspecified atom stereocenters. The number of rotatable bonds is 2. The van der Waals surface area contributed by atoms with E-state index in [-0.39, 0.29) is 5.78 Å². The lowest BCUT2D eigenvalue weighted by molar-refractivity contribution is -0.113. The Kier molecular flexibility index (Phi) is 4.22. The van der Waals surface area contributed by atoms with Gasteiger partial charge in [0, 0.05) is 6.42 Å². The van der Waals surface area contributed by atoms with Crippen LogP contribution in [0.2, 0.25) is 0 Å². The Morgan fingerprint density at radius 2 is 2.09 bits per heavy atom. The molecule has 1 nitrogen and oxygen atoms in total. The van der Waals surface area contributed by atoms with Crippen LogP contribution < -0.4 is 0 Å². The van der Waals surface area contributed by atoms with Crippen LogP contribution in [0.1, 0.15) is 33.6 Å². The zero-order valence-corrected chi connectivity index (χ0v) is 7.96. The molecule has 0 fully saturated rings. The average molecular weight is 173 g/mol. The summed E-state index contributed by atoms with van der Waals surface area (Å²) >= 11 is 5.75. The van der Waals surface area contributed by atoms with E-state index in [4.69, 9.17) is 11.6 Å². The molecule has 2 heteroatoms. The topological polar surface area (TPSA) is 17.1 Å². The van der Waals surface area contributed by atoms with Crippen LogP contribution in [0.4, 0.5) is 0 Å². The first-order valence-electron chi connectivity index (χ1n) is 3.70. The van der Waals surface area contributed by atoms with Crippen LogP contribution in [0.25, 0.3) is 0 Å². The van der Waals surface area contributed by atoms with Gasteiger partial charge in [0.1, 0.15) is 0 Å². The van der Waals surface area contributed by atoms with Gasteiger partial charge >= 0.3 is 0 Å². The first-order chi connectivity index (χ1) is 4.95. The predicted octanol–water partition coefficient (Wildman–Crippen LogP) is 2.38. The summed E-state index contributed by atoms with van der Waals surface area (Å²) in [4.78, 5) is 10.3. The number of carbonyl (C=O) groups excluding carboxylic acids is 1. The number of alkyl halides is 1. The van der Waals surface area contributed by atoms with Gasteiger partial charge in [-0.25, -0.2) is 0 Å². The van der Waals surface area contributed by atoms with Gasteiger partial charge in [-0.3, -0.25) is 4.79 Å². The summed E-state index contributed by atoms with van der Waals surface area (Å²) in [6, 6.07) is 0. The third kappa shape index (κ3) is 7.42. The van der Waals surface area contributed by atoms with Gasteiger partial charge in [0.2, 0.25) is 5.78 Å². The molecule has 0 aliphatic carbocycles. The van der Waals surface area contributed by atoms with Crippen LogP contribution in [-0.2, 0) is 4.79 Å². The molecular formula is C9H13ClO. The minimum Gasteiger partial charge on any atom is -0.285 e. The number of ketones is 1. The van der Waals surface area contributed by atoms with Crippen LogP contribution in [0, 0.1) is 11.8 Å². The smallest absolute Gasteiger partial charge is 0.205 e. The van der Waals surface area contributed by atoms with Gasteiger partial charge < -0.3 is 0 Å². The molecule has 62 valence electrons. The van der Waals surface area contributed by atoms with E-state index >= 15 is 0 Å². The number of Topliss-reactive ketones (excluding diaryl/α,β-unsaturated/α-hetero) is 1. The van der Waals surface area contributed by atoms with Crippen molar-refractivity contribution in [1.82, 2.24) is 0 Å². The zero-order chi connectivity index (χ0) is 8.91. The van der Waals surface area contributed by atoms with Gasteiger partial charge in [-0.15, -0.1) is 11.6 Å². The van der Waals surface area contributed by atoms with E-state index in [9.17, 15) is 4.79 Å². The zero-order valence-electron chi connectivity index (χ0n) is 7.20. The molecule has 0 aliphatic heterocycles. The maximum absolute atomic E-state index is 10.9. The number of hydrogen-bond acceptors (Lipinski definition) is 1. The molecule has 0 bridgehead atoms. The standard InChI is InChI=1S/C9H13ClO/c1-4-5-8(11)6-7-9(2,3)10/h4-5H2,1-3H3. The van der Waals surface area contributed by atoms with Crippen molar-refractivity contribution in [2.45, 2.75) is 38.5 Å². The highest BCUT2D eigenvalue weighted by Crippen LogP contribution is 2.09. The second-order valence-electron chi connectivity index (χ2n) is 2.90. The van der Waals surface area contributed by atoms with E-state index in [0.29, 0.717) is 6.42 Å². The molecule has 0 heterocycles. The fourth-order valence-electron chi connectivity index (χ4n) is 0.508. The summed E-state index contributed by atoms with van der Waals surface area (Å²) in [5.74, 6) is 5.15. The molecule has 0 spiro atoms. The van der Waals surface area contributed by atoms with Crippen molar-refractivity contribution < 1.29 is 4.79 Å². The molecule has 0 saturated carbocycles. The van der Waals surface area contributed by atoms with E-state index in [1.165, 1.54) is 0 Å². The first kappa shape index (κ1) is 10.5. The normalized spacial score (nSPS) is 10.2. The van der Waals surface area contributed by atoms with Crippen molar-refractivity contribution >= 4 is 17.4 Å². The van der Waals surface area contributed by atoms with Crippen LogP contribution in [0.3, 0.4) is 0 Å². The maximum atomic E-state index is 10.9. The molecule has 0 aromatic heterocycles. The van der Waals surface area contributed by atoms with Crippen molar-refractivity contribution in [1.29, 1.82) is 0 Å². The lowest BCUT2D eigenvalue weighted by atomic mass is 10.2. The molecule has 0 aromatic carbocycles. The summed E-state index contributed by atoms with van der Waals surface area (Å²) in [5, 5.41) is 0. The van der Waals surface area contributed by atoms with Crippen LogP contribution >= 0.6 is 11.6 Å². The third-order valence-corrected chi connectivity index (χ3v) is 1.07. The molecule has 0 amide bonds. The second-order valence-corrected chi connectivity index (χ2v) is 3.84. The Balaban J connectivity index is 3.98. The summed E-state index contributed by atoms with van der Waals surface area (Å²) in [5.41, 5.74) is 0. The van der Waals surface area contributed by atoms with Crippen molar-refractivity contribution in [2.75, 3.05) is 0 Å². The summed E-state index contributed by atoms with van der Waals surface area (Å²) in [6.45, 7) is 5.48. The number of halogens is 1. The highest BCUT2D eigenvalue weighted by molar-refractivity contribution is 6.25. The lowest BCUT2D eigenvalue weighted by Gasteiger charge is -2.02.